The maximum absolute atomic E-state index is 11.0. The summed E-state index contributed by atoms with van der Waals surface area (Å²) < 4.78 is 9.13. The SMILES string of the molecule is COC(=O)c1c(C)noc1CO. The van der Waals surface area contributed by atoms with E-state index in [-0.39, 0.29) is 17.9 Å². The molecule has 1 aromatic rings. The first-order valence-electron chi connectivity index (χ1n) is 3.35. The van der Waals surface area contributed by atoms with Gasteiger partial charge in [0.15, 0.2) is 5.76 Å². The number of hydrogen-bond donors (Lipinski definition) is 1. The number of aliphatic hydroxyl groups excluding tert-OH is 1. The Kier molecular flexibility index (Phi) is 2.44. The third kappa shape index (κ3) is 1.31. The first-order chi connectivity index (χ1) is 5.70. The smallest absolute Gasteiger partial charge is 0.343 e. The average molecular weight is 171 g/mol. The van der Waals surface area contributed by atoms with Gasteiger partial charge in [0, 0.05) is 0 Å². The number of methoxy groups -OCH3 is 1. The number of aryl methyl sites for hydroxylation is 1. The fraction of sp³-hybridized carbons (Fsp3) is 0.429. The average Bonchev–Trinajstić information content (AvgIpc) is 2.45. The Balaban J connectivity index is 3.10. The Morgan fingerprint density at radius 2 is 2.42 bits per heavy atom. The summed E-state index contributed by atoms with van der Waals surface area (Å²) in [4.78, 5) is 11.0. The minimum atomic E-state index is -0.544. The molecule has 0 saturated carbocycles. The molecule has 0 atom stereocenters. The summed E-state index contributed by atoms with van der Waals surface area (Å²) in [6.07, 6.45) is 0. The van der Waals surface area contributed by atoms with Gasteiger partial charge in [0.1, 0.15) is 12.2 Å². The molecule has 66 valence electrons. The van der Waals surface area contributed by atoms with Crippen LogP contribution in [0.2, 0.25) is 0 Å². The zero-order valence-electron chi connectivity index (χ0n) is 6.83. The van der Waals surface area contributed by atoms with E-state index in [4.69, 9.17) is 5.11 Å². The molecule has 5 nitrogen and oxygen atoms in total. The second kappa shape index (κ2) is 3.36. The van der Waals surface area contributed by atoms with Gasteiger partial charge in [-0.15, -0.1) is 0 Å². The van der Waals surface area contributed by atoms with E-state index < -0.39 is 5.97 Å². The zero-order valence-corrected chi connectivity index (χ0v) is 6.83. The number of carbonyl (C=O) groups excluding carboxylic acids is 1. The monoisotopic (exact) mass is 171 g/mol. The summed E-state index contributed by atoms with van der Waals surface area (Å²) in [5.74, 6) is -0.405. The van der Waals surface area contributed by atoms with Crippen LogP contribution in [0.1, 0.15) is 21.8 Å². The van der Waals surface area contributed by atoms with Gasteiger partial charge < -0.3 is 14.4 Å². The van der Waals surface area contributed by atoms with Gasteiger partial charge in [0.05, 0.1) is 12.8 Å². The molecule has 0 aliphatic carbocycles. The van der Waals surface area contributed by atoms with E-state index >= 15 is 0 Å². The second-order valence-electron chi connectivity index (χ2n) is 2.22. The number of aromatic nitrogens is 1. The molecule has 0 aliphatic rings. The molecular formula is C7H9NO4. The normalized spacial score (nSPS) is 9.92. The van der Waals surface area contributed by atoms with Crippen molar-refractivity contribution in [1.82, 2.24) is 5.16 Å². The first-order valence-corrected chi connectivity index (χ1v) is 3.35. The number of esters is 1. The fourth-order valence-corrected chi connectivity index (χ4v) is 0.888. The lowest BCUT2D eigenvalue weighted by Crippen LogP contribution is -2.04. The maximum atomic E-state index is 11.0. The minimum Gasteiger partial charge on any atom is -0.465 e. The van der Waals surface area contributed by atoms with Crippen LogP contribution >= 0.6 is 0 Å². The van der Waals surface area contributed by atoms with E-state index in [2.05, 4.69) is 14.4 Å². The van der Waals surface area contributed by atoms with E-state index in [9.17, 15) is 4.79 Å². The standard InChI is InChI=1S/C7H9NO4/c1-4-6(7(10)11-2)5(3-9)12-8-4/h9H,3H2,1-2H3. The molecule has 1 heterocycles. The predicted octanol–water partition coefficient (Wildman–Crippen LogP) is 0.262. The third-order valence-corrected chi connectivity index (χ3v) is 1.47. The van der Waals surface area contributed by atoms with Crippen LogP contribution in [0.5, 0.6) is 0 Å². The number of nitrogens with zero attached hydrogens (tertiary/aromatic N) is 1. The maximum Gasteiger partial charge on any atom is 0.343 e. The number of aliphatic hydroxyl groups is 1. The molecule has 0 bridgehead atoms. The molecule has 1 N–H and O–H groups in total. The van der Waals surface area contributed by atoms with Crippen LogP contribution in [0.15, 0.2) is 4.52 Å². The van der Waals surface area contributed by atoms with Crippen molar-refractivity contribution in [3.63, 3.8) is 0 Å². The molecule has 1 aromatic heterocycles. The molecule has 0 fully saturated rings. The summed E-state index contributed by atoms with van der Waals surface area (Å²) in [6.45, 7) is 1.25. The Hall–Kier alpha value is -1.36. The molecule has 0 aliphatic heterocycles. The molecule has 1 rings (SSSR count). The van der Waals surface area contributed by atoms with Crippen LogP contribution in [0.4, 0.5) is 0 Å². The lowest BCUT2D eigenvalue weighted by Gasteiger charge is -1.96. The quantitative estimate of drug-likeness (QED) is 0.646. The van der Waals surface area contributed by atoms with Gasteiger partial charge in [0.25, 0.3) is 0 Å². The van der Waals surface area contributed by atoms with Gasteiger partial charge in [-0.05, 0) is 6.92 Å². The Labute approximate surface area is 68.9 Å². The van der Waals surface area contributed by atoms with Crippen molar-refractivity contribution in [1.29, 1.82) is 0 Å². The van der Waals surface area contributed by atoms with Crippen molar-refractivity contribution in [3.8, 4) is 0 Å². The topological polar surface area (TPSA) is 72.6 Å². The first kappa shape index (κ1) is 8.73. The summed E-state index contributed by atoms with van der Waals surface area (Å²) in [6, 6.07) is 0. The highest BCUT2D eigenvalue weighted by Gasteiger charge is 2.19. The van der Waals surface area contributed by atoms with Crippen LogP contribution in [-0.2, 0) is 11.3 Å². The van der Waals surface area contributed by atoms with Crippen LogP contribution in [0.3, 0.4) is 0 Å². The van der Waals surface area contributed by atoms with Crippen molar-refractivity contribution < 1.29 is 19.2 Å². The Morgan fingerprint density at radius 3 is 2.92 bits per heavy atom. The Morgan fingerprint density at radius 1 is 1.75 bits per heavy atom. The molecule has 0 amide bonds. The highest BCUT2D eigenvalue weighted by atomic mass is 16.5. The van der Waals surface area contributed by atoms with Gasteiger partial charge in [-0.2, -0.15) is 0 Å². The van der Waals surface area contributed by atoms with Crippen LogP contribution < -0.4 is 0 Å². The summed E-state index contributed by atoms with van der Waals surface area (Å²) in [5, 5.41) is 12.3. The van der Waals surface area contributed by atoms with Gasteiger partial charge in [-0.25, -0.2) is 4.79 Å². The summed E-state index contributed by atoms with van der Waals surface area (Å²) in [7, 11) is 1.26. The minimum absolute atomic E-state index is 0.138. The second-order valence-corrected chi connectivity index (χ2v) is 2.22. The Bertz CT molecular complexity index is 292. The highest BCUT2D eigenvalue weighted by Crippen LogP contribution is 2.13. The van der Waals surface area contributed by atoms with Crippen molar-refractivity contribution >= 4 is 5.97 Å². The molecule has 0 spiro atoms. The lowest BCUT2D eigenvalue weighted by atomic mass is 10.2. The van der Waals surface area contributed by atoms with Crippen LogP contribution in [-0.4, -0.2) is 23.3 Å². The van der Waals surface area contributed by atoms with Gasteiger partial charge in [0.2, 0.25) is 0 Å². The number of ether oxygens (including phenoxy) is 1. The predicted molar refractivity (Wildman–Crippen MR) is 38.5 cm³/mol. The summed E-state index contributed by atoms with van der Waals surface area (Å²) in [5.41, 5.74) is 0.630. The third-order valence-electron chi connectivity index (χ3n) is 1.47. The van der Waals surface area contributed by atoms with Gasteiger partial charge in [-0.3, -0.25) is 0 Å². The van der Waals surface area contributed by atoms with Crippen molar-refractivity contribution in [2.75, 3.05) is 7.11 Å². The van der Waals surface area contributed by atoms with Crippen molar-refractivity contribution in [2.45, 2.75) is 13.5 Å². The van der Waals surface area contributed by atoms with Gasteiger partial charge >= 0.3 is 5.97 Å². The molecule has 12 heavy (non-hydrogen) atoms. The lowest BCUT2D eigenvalue weighted by molar-refractivity contribution is 0.0594. The van der Waals surface area contributed by atoms with Crippen molar-refractivity contribution in [2.24, 2.45) is 0 Å². The van der Waals surface area contributed by atoms with E-state index in [1.54, 1.807) is 6.92 Å². The highest BCUT2D eigenvalue weighted by molar-refractivity contribution is 5.91. The largest absolute Gasteiger partial charge is 0.465 e. The molecule has 0 saturated heterocycles. The van der Waals surface area contributed by atoms with E-state index in [1.165, 1.54) is 7.11 Å². The molecular weight excluding hydrogens is 162 g/mol. The van der Waals surface area contributed by atoms with E-state index in [0.29, 0.717) is 5.69 Å². The van der Waals surface area contributed by atoms with Crippen LogP contribution in [0, 0.1) is 6.92 Å². The summed E-state index contributed by atoms with van der Waals surface area (Å²) >= 11 is 0. The molecule has 0 radical (unpaired) electrons. The van der Waals surface area contributed by atoms with Gasteiger partial charge in [-0.1, -0.05) is 5.16 Å². The molecule has 0 unspecified atom stereocenters. The molecule has 0 aromatic carbocycles. The zero-order chi connectivity index (χ0) is 9.14. The number of hydrogen-bond acceptors (Lipinski definition) is 5. The van der Waals surface area contributed by atoms with Crippen molar-refractivity contribution in [3.05, 3.63) is 17.0 Å². The fourth-order valence-electron chi connectivity index (χ4n) is 0.888. The van der Waals surface area contributed by atoms with E-state index in [0.717, 1.165) is 0 Å². The number of rotatable bonds is 2. The van der Waals surface area contributed by atoms with E-state index in [1.807, 2.05) is 0 Å². The molecule has 5 heteroatoms. The number of carbonyl (C=O) groups is 1. The van der Waals surface area contributed by atoms with Crippen LogP contribution in [0.25, 0.3) is 0 Å².